The van der Waals surface area contributed by atoms with E-state index in [1.54, 1.807) is 0 Å². The summed E-state index contributed by atoms with van der Waals surface area (Å²) in [7, 11) is 6.09. The minimum atomic E-state index is 0.934. The first-order valence-electron chi connectivity index (χ1n) is 5.35. The van der Waals surface area contributed by atoms with Crippen LogP contribution in [0.4, 0.5) is 5.69 Å². The predicted octanol–water partition coefficient (Wildman–Crippen LogP) is 1.06. The Morgan fingerprint density at radius 1 is 1.20 bits per heavy atom. The Bertz CT molecular complexity index is 284. The SMILES string of the molecule is CNCCNCc1cccc(N(C)C)c1. The number of benzene rings is 1. The Balaban J connectivity index is 2.43. The van der Waals surface area contributed by atoms with Crippen molar-refractivity contribution in [1.82, 2.24) is 10.6 Å². The molecule has 3 nitrogen and oxygen atoms in total. The van der Waals surface area contributed by atoms with Gasteiger partial charge < -0.3 is 15.5 Å². The van der Waals surface area contributed by atoms with E-state index < -0.39 is 0 Å². The molecule has 0 saturated carbocycles. The van der Waals surface area contributed by atoms with E-state index in [-0.39, 0.29) is 0 Å². The van der Waals surface area contributed by atoms with Gasteiger partial charge in [0.1, 0.15) is 0 Å². The normalized spacial score (nSPS) is 10.3. The van der Waals surface area contributed by atoms with E-state index in [4.69, 9.17) is 0 Å². The highest BCUT2D eigenvalue weighted by Crippen LogP contribution is 2.12. The lowest BCUT2D eigenvalue weighted by molar-refractivity contribution is 0.651. The molecule has 2 N–H and O–H groups in total. The monoisotopic (exact) mass is 207 g/mol. The number of rotatable bonds is 6. The maximum Gasteiger partial charge on any atom is 0.0364 e. The van der Waals surface area contributed by atoms with Crippen molar-refractivity contribution in [3.8, 4) is 0 Å². The molecule has 15 heavy (non-hydrogen) atoms. The zero-order valence-corrected chi connectivity index (χ0v) is 9.88. The van der Waals surface area contributed by atoms with E-state index in [9.17, 15) is 0 Å². The maximum absolute atomic E-state index is 3.39. The lowest BCUT2D eigenvalue weighted by Crippen LogP contribution is -2.24. The van der Waals surface area contributed by atoms with Crippen molar-refractivity contribution in [2.45, 2.75) is 6.54 Å². The van der Waals surface area contributed by atoms with Crippen LogP contribution in [0.5, 0.6) is 0 Å². The lowest BCUT2D eigenvalue weighted by atomic mass is 10.2. The van der Waals surface area contributed by atoms with E-state index >= 15 is 0 Å². The van der Waals surface area contributed by atoms with Crippen LogP contribution in [0.1, 0.15) is 5.56 Å². The van der Waals surface area contributed by atoms with Crippen LogP contribution in [0.15, 0.2) is 24.3 Å². The molecular formula is C12H21N3. The summed E-state index contributed by atoms with van der Waals surface area (Å²) < 4.78 is 0. The summed E-state index contributed by atoms with van der Waals surface area (Å²) in [6.07, 6.45) is 0. The molecule has 0 amide bonds. The first-order chi connectivity index (χ1) is 7.24. The van der Waals surface area contributed by atoms with Crippen molar-refractivity contribution >= 4 is 5.69 Å². The van der Waals surface area contributed by atoms with Crippen LogP contribution in [-0.2, 0) is 6.54 Å². The van der Waals surface area contributed by atoms with Crippen LogP contribution in [0, 0.1) is 0 Å². The van der Waals surface area contributed by atoms with Gasteiger partial charge in [-0.25, -0.2) is 0 Å². The summed E-state index contributed by atoms with van der Waals surface area (Å²) in [6.45, 7) is 2.94. The molecule has 0 saturated heterocycles. The summed E-state index contributed by atoms with van der Waals surface area (Å²) in [5.74, 6) is 0. The van der Waals surface area contributed by atoms with Gasteiger partial charge in [-0.05, 0) is 24.7 Å². The molecular weight excluding hydrogens is 186 g/mol. The summed E-state index contributed by atoms with van der Waals surface area (Å²) in [4.78, 5) is 2.12. The fraction of sp³-hybridized carbons (Fsp3) is 0.500. The topological polar surface area (TPSA) is 27.3 Å². The van der Waals surface area contributed by atoms with Gasteiger partial charge in [-0.1, -0.05) is 12.1 Å². The Morgan fingerprint density at radius 3 is 2.67 bits per heavy atom. The highest BCUT2D eigenvalue weighted by Gasteiger charge is 1.96. The van der Waals surface area contributed by atoms with Crippen molar-refractivity contribution in [3.63, 3.8) is 0 Å². The average Bonchev–Trinajstić information content (AvgIpc) is 2.25. The number of nitrogens with one attached hydrogen (secondary N) is 2. The van der Waals surface area contributed by atoms with Crippen LogP contribution in [0.3, 0.4) is 0 Å². The first-order valence-corrected chi connectivity index (χ1v) is 5.35. The van der Waals surface area contributed by atoms with Gasteiger partial charge in [0.05, 0.1) is 0 Å². The van der Waals surface area contributed by atoms with E-state index in [1.807, 2.05) is 7.05 Å². The Hall–Kier alpha value is -1.06. The Morgan fingerprint density at radius 2 is 2.00 bits per heavy atom. The molecule has 0 aliphatic rings. The minimum Gasteiger partial charge on any atom is -0.378 e. The molecule has 0 aliphatic heterocycles. The van der Waals surface area contributed by atoms with E-state index in [0.717, 1.165) is 19.6 Å². The van der Waals surface area contributed by atoms with Crippen molar-refractivity contribution in [1.29, 1.82) is 0 Å². The fourth-order valence-corrected chi connectivity index (χ4v) is 1.39. The standard InChI is InChI=1S/C12H21N3/c1-13-7-8-14-10-11-5-4-6-12(9-11)15(2)3/h4-6,9,13-14H,7-8,10H2,1-3H3. The molecule has 0 aromatic heterocycles. The minimum absolute atomic E-state index is 0.934. The van der Waals surface area contributed by atoms with Crippen molar-refractivity contribution in [3.05, 3.63) is 29.8 Å². The second kappa shape index (κ2) is 6.43. The highest BCUT2D eigenvalue weighted by atomic mass is 15.1. The molecule has 0 bridgehead atoms. The van der Waals surface area contributed by atoms with Gasteiger partial charge in [-0.3, -0.25) is 0 Å². The number of anilines is 1. The Labute approximate surface area is 92.5 Å². The Kier molecular flexibility index (Phi) is 5.15. The molecule has 0 unspecified atom stereocenters. The average molecular weight is 207 g/mol. The third-order valence-electron chi connectivity index (χ3n) is 2.31. The van der Waals surface area contributed by atoms with Gasteiger partial charge in [0.15, 0.2) is 0 Å². The molecule has 0 radical (unpaired) electrons. The van der Waals surface area contributed by atoms with Gasteiger partial charge in [-0.15, -0.1) is 0 Å². The van der Waals surface area contributed by atoms with Crippen molar-refractivity contribution in [2.24, 2.45) is 0 Å². The summed E-state index contributed by atoms with van der Waals surface area (Å²) >= 11 is 0. The smallest absolute Gasteiger partial charge is 0.0364 e. The molecule has 1 aromatic rings. The summed E-state index contributed by atoms with van der Waals surface area (Å²) in [6, 6.07) is 8.59. The molecule has 1 rings (SSSR count). The third-order valence-corrected chi connectivity index (χ3v) is 2.31. The number of nitrogens with zero attached hydrogens (tertiary/aromatic N) is 1. The van der Waals surface area contributed by atoms with Crippen molar-refractivity contribution < 1.29 is 0 Å². The second-order valence-corrected chi connectivity index (χ2v) is 3.84. The summed E-state index contributed by atoms with van der Waals surface area (Å²) in [5.41, 5.74) is 2.58. The van der Waals surface area contributed by atoms with Crippen LogP contribution in [0.25, 0.3) is 0 Å². The van der Waals surface area contributed by atoms with Crippen LogP contribution in [0.2, 0.25) is 0 Å². The quantitative estimate of drug-likeness (QED) is 0.683. The molecule has 1 aromatic carbocycles. The number of likely N-dealkylation sites (N-methyl/N-ethyl adjacent to an activating group) is 1. The van der Waals surface area contributed by atoms with Gasteiger partial charge in [-0.2, -0.15) is 0 Å². The number of hydrogen-bond acceptors (Lipinski definition) is 3. The van der Waals surface area contributed by atoms with E-state index in [1.165, 1.54) is 11.3 Å². The fourth-order valence-electron chi connectivity index (χ4n) is 1.39. The van der Waals surface area contributed by atoms with Gasteiger partial charge in [0.2, 0.25) is 0 Å². The second-order valence-electron chi connectivity index (χ2n) is 3.84. The zero-order valence-electron chi connectivity index (χ0n) is 9.88. The molecule has 84 valence electrons. The largest absolute Gasteiger partial charge is 0.378 e. The van der Waals surface area contributed by atoms with Crippen LogP contribution < -0.4 is 15.5 Å². The van der Waals surface area contributed by atoms with Crippen LogP contribution >= 0.6 is 0 Å². The highest BCUT2D eigenvalue weighted by molar-refractivity contribution is 5.47. The van der Waals surface area contributed by atoms with Gasteiger partial charge in [0.25, 0.3) is 0 Å². The maximum atomic E-state index is 3.39. The van der Waals surface area contributed by atoms with E-state index in [0.29, 0.717) is 0 Å². The molecule has 0 atom stereocenters. The molecule has 0 heterocycles. The molecule has 0 aliphatic carbocycles. The third kappa shape index (κ3) is 4.32. The van der Waals surface area contributed by atoms with Gasteiger partial charge in [0, 0.05) is 39.4 Å². The molecule has 3 heteroatoms. The lowest BCUT2D eigenvalue weighted by Gasteiger charge is -2.13. The number of hydrogen-bond donors (Lipinski definition) is 2. The van der Waals surface area contributed by atoms with Gasteiger partial charge >= 0.3 is 0 Å². The predicted molar refractivity (Wildman–Crippen MR) is 66.4 cm³/mol. The molecule has 0 spiro atoms. The summed E-state index contributed by atoms with van der Waals surface area (Å²) in [5, 5.41) is 6.50. The van der Waals surface area contributed by atoms with Crippen LogP contribution in [-0.4, -0.2) is 34.2 Å². The zero-order chi connectivity index (χ0) is 11.1. The molecule has 0 fully saturated rings. The van der Waals surface area contributed by atoms with Crippen molar-refractivity contribution in [2.75, 3.05) is 39.1 Å². The first kappa shape index (κ1) is 12.0. The van der Waals surface area contributed by atoms with E-state index in [2.05, 4.69) is 53.9 Å².